The van der Waals surface area contributed by atoms with Crippen LogP contribution in [0.4, 0.5) is 0 Å². The van der Waals surface area contributed by atoms with Crippen LogP contribution in [0.25, 0.3) is 71.3 Å². The molecule has 7 aromatic rings. The van der Waals surface area contributed by atoms with E-state index in [1.54, 1.807) is 0 Å². The lowest BCUT2D eigenvalue weighted by atomic mass is 10.0. The average molecular weight is 518 g/mol. The van der Waals surface area contributed by atoms with Crippen molar-refractivity contribution in [1.82, 2.24) is 4.57 Å². The van der Waals surface area contributed by atoms with E-state index in [-0.39, 0.29) is 0 Å². The summed E-state index contributed by atoms with van der Waals surface area (Å²) in [6.07, 6.45) is 6.29. The normalized spacial score (nSPS) is 11.7. The van der Waals surface area contributed by atoms with Crippen LogP contribution < -0.4 is 0 Å². The molecular formula is C37H27NS. The fraction of sp³-hybridized carbons (Fsp3) is 0.0270. The van der Waals surface area contributed by atoms with Crippen molar-refractivity contribution in [2.75, 3.05) is 0 Å². The highest BCUT2D eigenvalue weighted by Crippen LogP contribution is 2.40. The molecule has 0 N–H and O–H groups in total. The van der Waals surface area contributed by atoms with E-state index in [0.29, 0.717) is 0 Å². The fourth-order valence-corrected chi connectivity index (χ4v) is 7.04. The Morgan fingerprint density at radius 2 is 1.03 bits per heavy atom. The Morgan fingerprint density at radius 1 is 0.564 bits per heavy atom. The summed E-state index contributed by atoms with van der Waals surface area (Å²) < 4.78 is 3.72. The Balaban J connectivity index is 1.84. The van der Waals surface area contributed by atoms with Gasteiger partial charge in [-0.25, -0.2) is 0 Å². The molecule has 39 heavy (non-hydrogen) atoms. The molecule has 7 rings (SSSR count). The fourth-order valence-electron chi connectivity index (χ4n) is 5.90. The highest BCUT2D eigenvalue weighted by molar-refractivity contribution is 7.20. The van der Waals surface area contributed by atoms with Crippen molar-refractivity contribution in [3.63, 3.8) is 0 Å². The van der Waals surface area contributed by atoms with Crippen molar-refractivity contribution >= 4 is 76.9 Å². The van der Waals surface area contributed by atoms with Crippen molar-refractivity contribution in [2.45, 2.75) is 6.92 Å². The van der Waals surface area contributed by atoms with Gasteiger partial charge < -0.3 is 4.57 Å². The topological polar surface area (TPSA) is 4.93 Å². The minimum absolute atomic E-state index is 1.17. The molecule has 2 heteroatoms. The van der Waals surface area contributed by atoms with E-state index in [1.807, 2.05) is 17.4 Å². The van der Waals surface area contributed by atoms with E-state index < -0.39 is 0 Å². The number of benzene rings is 5. The Kier molecular flexibility index (Phi) is 5.76. The smallest absolute Gasteiger partial charge is 0.0640 e. The molecule has 0 radical (unpaired) electrons. The van der Waals surface area contributed by atoms with E-state index in [4.69, 9.17) is 0 Å². The lowest BCUT2D eigenvalue weighted by molar-refractivity contribution is 1.19. The van der Waals surface area contributed by atoms with Gasteiger partial charge in [0.1, 0.15) is 0 Å². The second-order valence-electron chi connectivity index (χ2n) is 9.70. The molecular weight excluding hydrogens is 490 g/mol. The number of hydrogen-bond donors (Lipinski definition) is 0. The van der Waals surface area contributed by atoms with Crippen molar-refractivity contribution < 1.29 is 0 Å². The van der Waals surface area contributed by atoms with Crippen LogP contribution in [0, 0.1) is 0 Å². The molecule has 186 valence electrons. The van der Waals surface area contributed by atoms with Crippen LogP contribution in [-0.2, 0) is 0 Å². The summed E-state index contributed by atoms with van der Waals surface area (Å²) in [6.45, 7) is 6.21. The van der Waals surface area contributed by atoms with Crippen molar-refractivity contribution in [3.05, 3.63) is 138 Å². The number of allylic oxidation sites excluding steroid dienone is 1. The Morgan fingerprint density at radius 3 is 1.54 bits per heavy atom. The van der Waals surface area contributed by atoms with Crippen LogP contribution in [0.5, 0.6) is 0 Å². The molecule has 5 aromatic carbocycles. The second kappa shape index (κ2) is 9.58. The Hall–Kier alpha value is -4.66. The molecule has 0 amide bonds. The van der Waals surface area contributed by atoms with Crippen LogP contribution >= 0.6 is 11.3 Å². The maximum atomic E-state index is 4.14. The number of fused-ring (bicyclic) bond motifs is 8. The van der Waals surface area contributed by atoms with Crippen LogP contribution in [0.3, 0.4) is 0 Å². The van der Waals surface area contributed by atoms with E-state index >= 15 is 0 Å². The molecule has 0 saturated heterocycles. The number of rotatable bonds is 3. The molecule has 1 nitrogen and oxygen atoms in total. The van der Waals surface area contributed by atoms with Crippen molar-refractivity contribution in [2.24, 2.45) is 0 Å². The summed E-state index contributed by atoms with van der Waals surface area (Å²) in [6, 6.07) is 41.9. The van der Waals surface area contributed by atoms with Crippen molar-refractivity contribution in [1.29, 1.82) is 0 Å². The van der Waals surface area contributed by atoms with Crippen LogP contribution in [0.15, 0.2) is 128 Å². The van der Waals surface area contributed by atoms with Gasteiger partial charge in [0.05, 0.1) is 21.4 Å². The largest absolute Gasteiger partial charge is 0.308 e. The third-order valence-corrected chi connectivity index (χ3v) is 8.78. The van der Waals surface area contributed by atoms with Gasteiger partial charge in [0.15, 0.2) is 0 Å². The van der Waals surface area contributed by atoms with Gasteiger partial charge in [0.25, 0.3) is 0 Å². The van der Waals surface area contributed by atoms with Gasteiger partial charge in [-0.1, -0.05) is 122 Å². The van der Waals surface area contributed by atoms with E-state index in [2.05, 4.69) is 145 Å². The zero-order chi connectivity index (χ0) is 26.3. The van der Waals surface area contributed by atoms with Crippen LogP contribution in [-0.4, -0.2) is 4.57 Å². The Bertz CT molecular complexity index is 2050. The molecule has 0 aliphatic rings. The molecule has 2 heterocycles. The average Bonchev–Trinajstić information content (AvgIpc) is 3.37. The maximum absolute atomic E-state index is 4.14. The molecule has 0 aliphatic heterocycles. The maximum Gasteiger partial charge on any atom is 0.0640 e. The number of hydrogen-bond acceptors (Lipinski definition) is 1. The van der Waals surface area contributed by atoms with Gasteiger partial charge in [0.2, 0.25) is 0 Å². The van der Waals surface area contributed by atoms with E-state index in [1.165, 1.54) is 69.6 Å². The van der Waals surface area contributed by atoms with Crippen LogP contribution in [0.1, 0.15) is 17.4 Å². The summed E-state index contributed by atoms with van der Waals surface area (Å²) >= 11 is 1.81. The molecule has 0 aliphatic carbocycles. The summed E-state index contributed by atoms with van der Waals surface area (Å²) in [7, 11) is 0. The SMILES string of the molecule is C=Cc1sc2c(-n3c4ccccc4c4ccccc4c4ccccc4c4ccccc43)cccc2c1/C=C\C. The van der Waals surface area contributed by atoms with E-state index in [9.17, 15) is 0 Å². The highest BCUT2D eigenvalue weighted by Gasteiger charge is 2.15. The Labute approximate surface area is 231 Å². The minimum Gasteiger partial charge on any atom is -0.308 e. The summed E-state index contributed by atoms with van der Waals surface area (Å²) in [4.78, 5) is 1.19. The first-order chi connectivity index (χ1) is 19.3. The zero-order valence-corrected chi connectivity index (χ0v) is 22.6. The van der Waals surface area contributed by atoms with Gasteiger partial charge in [0, 0.05) is 26.6 Å². The minimum atomic E-state index is 1.17. The van der Waals surface area contributed by atoms with Gasteiger partial charge in [-0.05, 0) is 46.7 Å². The second-order valence-corrected chi connectivity index (χ2v) is 10.8. The molecule has 0 bridgehead atoms. The molecule has 0 saturated carbocycles. The first kappa shape index (κ1) is 23.5. The molecule has 0 atom stereocenters. The number of nitrogens with zero attached hydrogens (tertiary/aromatic N) is 1. The summed E-state index contributed by atoms with van der Waals surface area (Å²) in [5, 5.41) is 8.64. The molecule has 0 unspecified atom stereocenters. The molecule has 0 fully saturated rings. The summed E-state index contributed by atoms with van der Waals surface area (Å²) in [5.41, 5.74) is 4.74. The lowest BCUT2D eigenvalue weighted by Crippen LogP contribution is -1.98. The number of aromatic nitrogens is 1. The number of thiophene rings is 1. The number of para-hydroxylation sites is 2. The lowest BCUT2D eigenvalue weighted by Gasteiger charge is -2.14. The predicted octanol–water partition coefficient (Wildman–Crippen LogP) is 11.1. The van der Waals surface area contributed by atoms with Gasteiger partial charge >= 0.3 is 0 Å². The van der Waals surface area contributed by atoms with Gasteiger partial charge in [-0.15, -0.1) is 11.3 Å². The highest BCUT2D eigenvalue weighted by atomic mass is 32.1. The predicted molar refractivity (Wildman–Crippen MR) is 174 cm³/mol. The van der Waals surface area contributed by atoms with Crippen LogP contribution in [0.2, 0.25) is 0 Å². The van der Waals surface area contributed by atoms with Crippen molar-refractivity contribution in [3.8, 4) is 5.69 Å². The summed E-state index contributed by atoms with van der Waals surface area (Å²) in [5.74, 6) is 0. The standard InChI is InChI=1S/C37H27NS/c1-3-14-31-32-21-13-24-35(37(32)39-36(31)4-2)38-33-22-11-9-19-29(33)27-17-7-5-15-25(27)26-16-6-8-18-28(26)30-20-10-12-23-34(30)38/h3-24H,2H2,1H3/b14-3-. The molecule has 2 aromatic heterocycles. The molecule has 0 spiro atoms. The van der Waals surface area contributed by atoms with E-state index in [0.717, 1.165) is 0 Å². The third kappa shape index (κ3) is 3.68. The first-order valence-corrected chi connectivity index (χ1v) is 14.1. The quantitative estimate of drug-likeness (QED) is 0.220. The van der Waals surface area contributed by atoms with Gasteiger partial charge in [-0.3, -0.25) is 0 Å². The third-order valence-electron chi connectivity index (χ3n) is 7.54. The monoisotopic (exact) mass is 517 g/mol. The van der Waals surface area contributed by atoms with Gasteiger partial charge in [-0.2, -0.15) is 0 Å². The first-order valence-electron chi connectivity index (χ1n) is 13.3. The zero-order valence-electron chi connectivity index (χ0n) is 21.8.